The SMILES string of the molecule is O=C(CCl)NC1CCN(c2ccncc2)CC1. The Morgan fingerprint density at radius 2 is 2.06 bits per heavy atom. The third-order valence-electron chi connectivity index (χ3n) is 3.01. The van der Waals surface area contributed by atoms with Crippen LogP contribution in [0, 0.1) is 0 Å². The van der Waals surface area contributed by atoms with E-state index in [2.05, 4.69) is 15.2 Å². The molecule has 1 aromatic heterocycles. The van der Waals surface area contributed by atoms with E-state index in [4.69, 9.17) is 11.6 Å². The van der Waals surface area contributed by atoms with E-state index in [9.17, 15) is 4.79 Å². The van der Waals surface area contributed by atoms with Crippen molar-refractivity contribution in [3.05, 3.63) is 24.5 Å². The molecule has 4 nitrogen and oxygen atoms in total. The van der Waals surface area contributed by atoms with Crippen molar-refractivity contribution in [2.75, 3.05) is 23.9 Å². The van der Waals surface area contributed by atoms with E-state index in [-0.39, 0.29) is 17.8 Å². The Hall–Kier alpha value is -1.29. The number of piperidine rings is 1. The van der Waals surface area contributed by atoms with E-state index >= 15 is 0 Å². The first-order chi connectivity index (χ1) is 8.29. The van der Waals surface area contributed by atoms with Crippen LogP contribution in [-0.2, 0) is 4.79 Å². The Balaban J connectivity index is 1.84. The number of hydrogen-bond donors (Lipinski definition) is 1. The summed E-state index contributed by atoms with van der Waals surface area (Å²) < 4.78 is 0. The molecular weight excluding hydrogens is 238 g/mol. The van der Waals surface area contributed by atoms with Gasteiger partial charge < -0.3 is 10.2 Å². The molecule has 2 heterocycles. The van der Waals surface area contributed by atoms with Gasteiger partial charge in [0.2, 0.25) is 5.91 Å². The molecule has 17 heavy (non-hydrogen) atoms. The van der Waals surface area contributed by atoms with Gasteiger partial charge in [-0.2, -0.15) is 0 Å². The highest BCUT2D eigenvalue weighted by molar-refractivity contribution is 6.27. The number of amides is 1. The van der Waals surface area contributed by atoms with Gasteiger partial charge in [-0.3, -0.25) is 9.78 Å². The van der Waals surface area contributed by atoms with Crippen molar-refractivity contribution < 1.29 is 4.79 Å². The van der Waals surface area contributed by atoms with Crippen molar-refractivity contribution in [2.45, 2.75) is 18.9 Å². The second-order valence-corrected chi connectivity index (χ2v) is 4.44. The summed E-state index contributed by atoms with van der Waals surface area (Å²) in [4.78, 5) is 17.5. The van der Waals surface area contributed by atoms with E-state index < -0.39 is 0 Å². The van der Waals surface area contributed by atoms with E-state index in [0.29, 0.717) is 0 Å². The maximum Gasteiger partial charge on any atom is 0.235 e. The molecule has 1 fully saturated rings. The molecule has 0 aromatic carbocycles. The summed E-state index contributed by atoms with van der Waals surface area (Å²) in [6.45, 7) is 1.91. The summed E-state index contributed by atoms with van der Waals surface area (Å²) in [5.41, 5.74) is 1.20. The van der Waals surface area contributed by atoms with E-state index in [1.807, 2.05) is 12.1 Å². The first-order valence-corrected chi connectivity index (χ1v) is 6.33. The summed E-state index contributed by atoms with van der Waals surface area (Å²) in [5, 5.41) is 2.93. The predicted octanol–water partition coefficient (Wildman–Crippen LogP) is 1.41. The van der Waals surface area contributed by atoms with Crippen molar-refractivity contribution >= 4 is 23.2 Å². The Morgan fingerprint density at radius 1 is 1.41 bits per heavy atom. The van der Waals surface area contributed by atoms with Crippen LogP contribution in [0.4, 0.5) is 5.69 Å². The van der Waals surface area contributed by atoms with E-state index in [1.165, 1.54) is 5.69 Å². The summed E-state index contributed by atoms with van der Waals surface area (Å²) >= 11 is 5.47. The molecule has 0 aliphatic carbocycles. The molecule has 0 atom stereocenters. The number of carbonyl (C=O) groups excluding carboxylic acids is 1. The normalized spacial score (nSPS) is 16.9. The first-order valence-electron chi connectivity index (χ1n) is 5.80. The van der Waals surface area contributed by atoms with E-state index in [0.717, 1.165) is 25.9 Å². The van der Waals surface area contributed by atoms with Crippen molar-refractivity contribution in [3.8, 4) is 0 Å². The molecular formula is C12H16ClN3O. The fourth-order valence-corrected chi connectivity index (χ4v) is 2.18. The zero-order valence-corrected chi connectivity index (χ0v) is 10.4. The average Bonchev–Trinajstić information content (AvgIpc) is 2.40. The molecule has 2 rings (SSSR count). The molecule has 1 N–H and O–H groups in total. The van der Waals surface area contributed by atoms with Crippen molar-refractivity contribution in [1.82, 2.24) is 10.3 Å². The summed E-state index contributed by atoms with van der Waals surface area (Å²) in [5.74, 6) is -0.0288. The number of rotatable bonds is 3. The molecule has 1 aromatic rings. The largest absolute Gasteiger partial charge is 0.371 e. The maximum absolute atomic E-state index is 11.2. The van der Waals surface area contributed by atoms with Crippen LogP contribution in [0.5, 0.6) is 0 Å². The number of nitrogens with one attached hydrogen (secondary N) is 1. The minimum atomic E-state index is -0.0750. The molecule has 0 radical (unpaired) electrons. The van der Waals surface area contributed by atoms with Crippen LogP contribution in [0.25, 0.3) is 0 Å². The minimum Gasteiger partial charge on any atom is -0.371 e. The van der Waals surface area contributed by atoms with Crippen LogP contribution in [0.1, 0.15) is 12.8 Å². The second kappa shape index (κ2) is 5.87. The average molecular weight is 254 g/mol. The van der Waals surface area contributed by atoms with Crippen LogP contribution >= 0.6 is 11.6 Å². The van der Waals surface area contributed by atoms with Gasteiger partial charge in [-0.25, -0.2) is 0 Å². The highest BCUT2D eigenvalue weighted by Crippen LogP contribution is 2.18. The summed E-state index contributed by atoms with van der Waals surface area (Å²) in [6, 6.07) is 4.29. The van der Waals surface area contributed by atoms with E-state index in [1.54, 1.807) is 12.4 Å². The van der Waals surface area contributed by atoms with Gasteiger partial charge >= 0.3 is 0 Å². The molecule has 1 aliphatic rings. The number of pyridine rings is 1. The van der Waals surface area contributed by atoms with Gasteiger partial charge in [0.15, 0.2) is 0 Å². The molecule has 0 unspecified atom stereocenters. The number of aromatic nitrogens is 1. The number of carbonyl (C=O) groups is 1. The number of halogens is 1. The Kier molecular flexibility index (Phi) is 4.20. The van der Waals surface area contributed by atoms with Crippen molar-refractivity contribution in [3.63, 3.8) is 0 Å². The summed E-state index contributed by atoms with van der Waals surface area (Å²) in [7, 11) is 0. The number of hydrogen-bond acceptors (Lipinski definition) is 3. The molecule has 0 bridgehead atoms. The third-order valence-corrected chi connectivity index (χ3v) is 3.25. The highest BCUT2D eigenvalue weighted by Gasteiger charge is 2.20. The van der Waals surface area contributed by atoms with Crippen molar-refractivity contribution in [2.24, 2.45) is 0 Å². The molecule has 0 saturated carbocycles. The fourth-order valence-electron chi connectivity index (χ4n) is 2.10. The Morgan fingerprint density at radius 3 is 2.65 bits per heavy atom. The van der Waals surface area contributed by atoms with Gasteiger partial charge in [0.1, 0.15) is 5.88 Å². The molecule has 1 saturated heterocycles. The van der Waals surface area contributed by atoms with Crippen LogP contribution in [-0.4, -0.2) is 35.9 Å². The third kappa shape index (κ3) is 3.33. The number of alkyl halides is 1. The number of anilines is 1. The Bertz CT molecular complexity index is 363. The van der Waals surface area contributed by atoms with Gasteiger partial charge in [0.05, 0.1) is 0 Å². The number of nitrogens with zero attached hydrogens (tertiary/aromatic N) is 2. The first kappa shape index (κ1) is 12.2. The zero-order valence-electron chi connectivity index (χ0n) is 9.60. The molecule has 1 amide bonds. The smallest absolute Gasteiger partial charge is 0.235 e. The van der Waals surface area contributed by atoms with Gasteiger partial charge in [-0.15, -0.1) is 11.6 Å². The molecule has 5 heteroatoms. The van der Waals surface area contributed by atoms with Crippen molar-refractivity contribution in [1.29, 1.82) is 0 Å². The Labute approximate surface area is 106 Å². The zero-order chi connectivity index (χ0) is 12.1. The second-order valence-electron chi connectivity index (χ2n) is 4.17. The lowest BCUT2D eigenvalue weighted by atomic mass is 10.0. The van der Waals surface area contributed by atoms with Gasteiger partial charge in [0, 0.05) is 37.2 Å². The maximum atomic E-state index is 11.2. The monoisotopic (exact) mass is 253 g/mol. The van der Waals surface area contributed by atoms with Gasteiger partial charge in [0.25, 0.3) is 0 Å². The fraction of sp³-hybridized carbons (Fsp3) is 0.500. The minimum absolute atomic E-state index is 0.0462. The van der Waals surface area contributed by atoms with Crippen LogP contribution in [0.3, 0.4) is 0 Å². The van der Waals surface area contributed by atoms with Crippen LogP contribution in [0.2, 0.25) is 0 Å². The highest BCUT2D eigenvalue weighted by atomic mass is 35.5. The van der Waals surface area contributed by atoms with Gasteiger partial charge in [-0.1, -0.05) is 0 Å². The lowest BCUT2D eigenvalue weighted by Crippen LogP contribution is -2.45. The topological polar surface area (TPSA) is 45.2 Å². The molecule has 92 valence electrons. The lowest BCUT2D eigenvalue weighted by molar-refractivity contribution is -0.119. The standard InChI is InChI=1S/C12H16ClN3O/c13-9-12(17)15-10-3-7-16(8-4-10)11-1-5-14-6-2-11/h1-2,5-6,10H,3-4,7-9H2,(H,15,17). The quantitative estimate of drug-likeness (QED) is 0.829. The predicted molar refractivity (Wildman–Crippen MR) is 68.3 cm³/mol. The molecule has 1 aliphatic heterocycles. The lowest BCUT2D eigenvalue weighted by Gasteiger charge is -2.33. The van der Waals surface area contributed by atoms with Gasteiger partial charge in [-0.05, 0) is 25.0 Å². The summed E-state index contributed by atoms with van der Waals surface area (Å²) in [6.07, 6.45) is 5.53. The molecule has 0 spiro atoms. The van der Waals surface area contributed by atoms with Crippen LogP contribution < -0.4 is 10.2 Å². The van der Waals surface area contributed by atoms with Crippen LogP contribution in [0.15, 0.2) is 24.5 Å².